The second kappa shape index (κ2) is 47.3. The van der Waals surface area contributed by atoms with E-state index in [0.29, 0.717) is 12.8 Å². The second-order valence-electron chi connectivity index (χ2n) is 17.3. The van der Waals surface area contributed by atoms with Crippen LogP contribution in [0.3, 0.4) is 0 Å². The molecule has 0 aromatic rings. The van der Waals surface area contributed by atoms with Crippen LogP contribution in [0.15, 0.2) is 0 Å². The molecule has 328 valence electrons. The minimum absolute atomic E-state index is 0.0568. The monoisotopic (exact) mass is 779 g/mol. The highest BCUT2D eigenvalue weighted by Gasteiger charge is 2.16. The van der Waals surface area contributed by atoms with E-state index < -0.39 is 6.10 Å². The van der Waals surface area contributed by atoms with Crippen molar-refractivity contribution in [2.75, 3.05) is 13.2 Å². The Morgan fingerprint density at radius 2 is 0.564 bits per heavy atom. The lowest BCUT2D eigenvalue weighted by molar-refractivity contribution is -0.161. The maximum atomic E-state index is 12.2. The van der Waals surface area contributed by atoms with Crippen LogP contribution in [0.2, 0.25) is 0 Å². The molecule has 5 heteroatoms. The minimum atomic E-state index is -0.762. The molecule has 0 rings (SSSR count). The number of aliphatic hydroxyl groups excluding tert-OH is 1. The molecule has 0 aliphatic heterocycles. The maximum absolute atomic E-state index is 12.2. The van der Waals surface area contributed by atoms with Crippen LogP contribution in [-0.4, -0.2) is 36.4 Å². The Hall–Kier alpha value is -1.10. The fourth-order valence-electron chi connectivity index (χ4n) is 7.85. The van der Waals surface area contributed by atoms with Gasteiger partial charge in [-0.3, -0.25) is 9.59 Å². The predicted molar refractivity (Wildman–Crippen MR) is 238 cm³/mol. The van der Waals surface area contributed by atoms with E-state index in [1.807, 2.05) is 0 Å². The van der Waals surface area contributed by atoms with Crippen molar-refractivity contribution in [3.05, 3.63) is 0 Å². The number of hydrogen-bond donors (Lipinski definition) is 1. The molecule has 5 nitrogen and oxygen atoms in total. The van der Waals surface area contributed by atoms with Gasteiger partial charge in [0, 0.05) is 12.8 Å². The van der Waals surface area contributed by atoms with Gasteiger partial charge in [0.25, 0.3) is 0 Å². The van der Waals surface area contributed by atoms with Gasteiger partial charge in [0.1, 0.15) is 6.61 Å². The number of ether oxygens (including phenoxy) is 2. The lowest BCUT2D eigenvalue weighted by Crippen LogP contribution is -2.28. The fourth-order valence-corrected chi connectivity index (χ4v) is 7.85. The summed E-state index contributed by atoms with van der Waals surface area (Å²) >= 11 is 0. The van der Waals surface area contributed by atoms with Gasteiger partial charge in [-0.15, -0.1) is 0 Å². The van der Waals surface area contributed by atoms with Crippen molar-refractivity contribution >= 4 is 11.9 Å². The number of rotatable bonds is 47. The van der Waals surface area contributed by atoms with Gasteiger partial charge in [-0.25, -0.2) is 0 Å². The van der Waals surface area contributed by atoms with Crippen LogP contribution in [-0.2, 0) is 19.1 Å². The molecule has 0 saturated carbocycles. The smallest absolute Gasteiger partial charge is 0.306 e. The van der Waals surface area contributed by atoms with Gasteiger partial charge in [0.2, 0.25) is 0 Å². The zero-order valence-corrected chi connectivity index (χ0v) is 37.5. The SMILES string of the molecule is CCCCCCCCCCCCCCCCCCCCCCCCCCCCCCCCC(=O)OC(CO)COC(=O)CCCCCCCCCCCCC. The van der Waals surface area contributed by atoms with Crippen LogP contribution < -0.4 is 0 Å². The summed E-state index contributed by atoms with van der Waals surface area (Å²) in [5.74, 6) is -0.572. The summed E-state index contributed by atoms with van der Waals surface area (Å²) in [5, 5.41) is 9.58. The first kappa shape index (κ1) is 53.9. The van der Waals surface area contributed by atoms with Crippen molar-refractivity contribution in [3.63, 3.8) is 0 Å². The third-order valence-electron chi connectivity index (χ3n) is 11.7. The number of carbonyl (C=O) groups excluding carboxylic acids is 2. The molecule has 1 atom stereocenters. The Labute approximate surface area is 344 Å². The first-order chi connectivity index (χ1) is 27.1. The van der Waals surface area contributed by atoms with Gasteiger partial charge in [-0.05, 0) is 12.8 Å². The molecule has 0 heterocycles. The van der Waals surface area contributed by atoms with E-state index in [4.69, 9.17) is 9.47 Å². The topological polar surface area (TPSA) is 72.8 Å². The predicted octanol–water partition coefficient (Wildman–Crippen LogP) is 16.2. The van der Waals surface area contributed by atoms with Gasteiger partial charge < -0.3 is 14.6 Å². The second-order valence-corrected chi connectivity index (χ2v) is 17.3. The number of aliphatic hydroxyl groups is 1. The summed E-state index contributed by atoms with van der Waals surface area (Å²) in [6, 6.07) is 0. The largest absolute Gasteiger partial charge is 0.462 e. The van der Waals surface area contributed by atoms with Crippen molar-refractivity contribution in [1.29, 1.82) is 0 Å². The molecule has 0 aliphatic rings. The van der Waals surface area contributed by atoms with Crippen LogP contribution in [0.5, 0.6) is 0 Å². The van der Waals surface area contributed by atoms with Crippen molar-refractivity contribution in [3.8, 4) is 0 Å². The molecule has 1 unspecified atom stereocenters. The van der Waals surface area contributed by atoms with Gasteiger partial charge in [0.05, 0.1) is 6.61 Å². The van der Waals surface area contributed by atoms with Crippen molar-refractivity contribution in [2.24, 2.45) is 0 Å². The molecule has 0 bridgehead atoms. The van der Waals surface area contributed by atoms with Crippen molar-refractivity contribution < 1.29 is 24.2 Å². The zero-order chi connectivity index (χ0) is 40.0. The number of unbranched alkanes of at least 4 members (excludes halogenated alkanes) is 39. The van der Waals surface area contributed by atoms with Crippen LogP contribution in [0.25, 0.3) is 0 Å². The van der Waals surface area contributed by atoms with Crippen LogP contribution >= 0.6 is 0 Å². The maximum Gasteiger partial charge on any atom is 0.306 e. The lowest BCUT2D eigenvalue weighted by atomic mass is 10.0. The Kier molecular flexibility index (Phi) is 46.3. The molecule has 55 heavy (non-hydrogen) atoms. The Morgan fingerprint density at radius 3 is 0.800 bits per heavy atom. The first-order valence-corrected chi connectivity index (χ1v) is 25.1. The average molecular weight is 779 g/mol. The Balaban J connectivity index is 3.36. The van der Waals surface area contributed by atoms with Gasteiger partial charge in [-0.1, -0.05) is 264 Å². The molecule has 0 spiro atoms. The van der Waals surface area contributed by atoms with E-state index in [9.17, 15) is 14.7 Å². The van der Waals surface area contributed by atoms with E-state index in [1.165, 1.54) is 231 Å². The average Bonchev–Trinajstić information content (AvgIpc) is 3.19. The molecule has 1 N–H and O–H groups in total. The van der Waals surface area contributed by atoms with E-state index in [2.05, 4.69) is 13.8 Å². The molecule has 0 aromatic heterocycles. The summed E-state index contributed by atoms with van der Waals surface area (Å²) in [4.78, 5) is 24.3. The molecular weight excluding hydrogens is 681 g/mol. The summed E-state index contributed by atoms with van der Waals surface area (Å²) in [6.07, 6.45) is 55.0. The summed E-state index contributed by atoms with van der Waals surface area (Å²) in [7, 11) is 0. The van der Waals surface area contributed by atoms with Gasteiger partial charge in [0.15, 0.2) is 6.10 Å². The minimum Gasteiger partial charge on any atom is -0.462 e. The molecule has 0 amide bonds. The van der Waals surface area contributed by atoms with Gasteiger partial charge >= 0.3 is 11.9 Å². The molecule has 0 aliphatic carbocycles. The Bertz CT molecular complexity index is 754. The van der Waals surface area contributed by atoms with Crippen LogP contribution in [0.1, 0.15) is 290 Å². The molecular formula is C50H98O5. The lowest BCUT2D eigenvalue weighted by Gasteiger charge is -2.15. The highest BCUT2D eigenvalue weighted by Crippen LogP contribution is 2.17. The van der Waals surface area contributed by atoms with E-state index in [1.54, 1.807) is 0 Å². The van der Waals surface area contributed by atoms with Crippen molar-refractivity contribution in [1.82, 2.24) is 0 Å². The van der Waals surface area contributed by atoms with E-state index in [0.717, 1.165) is 32.1 Å². The van der Waals surface area contributed by atoms with E-state index in [-0.39, 0.29) is 25.2 Å². The van der Waals surface area contributed by atoms with E-state index >= 15 is 0 Å². The quantitative estimate of drug-likeness (QED) is 0.0492. The zero-order valence-electron chi connectivity index (χ0n) is 37.5. The van der Waals surface area contributed by atoms with Gasteiger partial charge in [-0.2, -0.15) is 0 Å². The third kappa shape index (κ3) is 45.5. The molecule has 0 fully saturated rings. The van der Waals surface area contributed by atoms with Crippen LogP contribution in [0.4, 0.5) is 0 Å². The molecule has 0 saturated heterocycles. The van der Waals surface area contributed by atoms with Crippen molar-refractivity contribution in [2.45, 2.75) is 296 Å². The van der Waals surface area contributed by atoms with Crippen LogP contribution in [0, 0.1) is 0 Å². The number of esters is 2. The Morgan fingerprint density at radius 1 is 0.345 bits per heavy atom. The third-order valence-corrected chi connectivity index (χ3v) is 11.7. The standard InChI is InChI=1S/C50H98O5/c1-3-5-7-9-11-13-15-16-17-18-19-20-21-22-23-24-25-26-27-28-29-30-31-32-33-35-37-39-41-43-45-50(53)55-48(46-51)47-54-49(52)44-42-40-38-36-34-14-12-10-8-6-4-2/h48,51H,3-47H2,1-2H3. The summed E-state index contributed by atoms with van der Waals surface area (Å²) < 4.78 is 10.6. The number of carbonyl (C=O) groups is 2. The molecule has 0 radical (unpaired) electrons. The normalized spacial score (nSPS) is 12.0. The number of hydrogen-bond acceptors (Lipinski definition) is 5. The fraction of sp³-hybridized carbons (Fsp3) is 0.960. The first-order valence-electron chi connectivity index (χ1n) is 25.1. The summed E-state index contributed by atoms with van der Waals surface area (Å²) in [5.41, 5.74) is 0. The highest BCUT2D eigenvalue weighted by molar-refractivity contribution is 5.70. The summed E-state index contributed by atoms with van der Waals surface area (Å²) in [6.45, 7) is 4.17. The molecule has 0 aromatic carbocycles. The highest BCUT2D eigenvalue weighted by atomic mass is 16.6.